The van der Waals surface area contributed by atoms with E-state index in [9.17, 15) is 22.8 Å². The summed E-state index contributed by atoms with van der Waals surface area (Å²) in [5, 5.41) is 0. The van der Waals surface area contributed by atoms with Crippen molar-refractivity contribution in [2.75, 3.05) is 24.5 Å². The van der Waals surface area contributed by atoms with Crippen LogP contribution in [-0.2, 0) is 15.8 Å². The highest BCUT2D eigenvalue weighted by molar-refractivity contribution is 8.04. The number of fused-ring (bicyclic) bond motifs is 1. The Morgan fingerprint density at radius 1 is 0.969 bits per heavy atom. The van der Waals surface area contributed by atoms with Crippen LogP contribution in [0.4, 0.5) is 18.9 Å². The van der Waals surface area contributed by atoms with E-state index in [4.69, 9.17) is 0 Å². The summed E-state index contributed by atoms with van der Waals surface area (Å²) in [7, 11) is 0. The lowest BCUT2D eigenvalue weighted by atomic mass is 10.1. The third kappa shape index (κ3) is 5.01. The normalized spacial score (nSPS) is 18.5. The van der Waals surface area contributed by atoms with Crippen LogP contribution >= 0.6 is 11.8 Å². The molecule has 2 heterocycles. The zero-order chi connectivity index (χ0) is 22.7. The number of nitrogens with zero attached hydrogens (tertiary/aromatic N) is 2. The van der Waals surface area contributed by atoms with Crippen LogP contribution in [0.15, 0.2) is 58.3 Å². The van der Waals surface area contributed by atoms with E-state index in [0.717, 1.165) is 42.7 Å². The molecule has 2 amide bonds. The second-order valence-corrected chi connectivity index (χ2v) is 8.97. The highest BCUT2D eigenvalue weighted by atomic mass is 32.2. The highest BCUT2D eigenvalue weighted by Gasteiger charge is 2.32. The number of benzene rings is 2. The lowest BCUT2D eigenvalue weighted by molar-refractivity contribution is -0.137. The number of hydrogen-bond acceptors (Lipinski definition) is 3. The van der Waals surface area contributed by atoms with Crippen molar-refractivity contribution in [3.05, 3.63) is 64.6 Å². The molecule has 32 heavy (non-hydrogen) atoms. The molecule has 1 saturated heterocycles. The van der Waals surface area contributed by atoms with Gasteiger partial charge in [0.05, 0.1) is 16.2 Å². The molecule has 0 aromatic heterocycles. The first-order valence-corrected chi connectivity index (χ1v) is 11.4. The van der Waals surface area contributed by atoms with Gasteiger partial charge in [-0.3, -0.25) is 14.5 Å². The van der Waals surface area contributed by atoms with E-state index in [-0.39, 0.29) is 18.4 Å². The molecule has 8 heteroatoms. The molecule has 0 spiro atoms. The minimum Gasteiger partial charge on any atom is -0.341 e. The largest absolute Gasteiger partial charge is 0.416 e. The summed E-state index contributed by atoms with van der Waals surface area (Å²) in [5.41, 5.74) is 0.430. The molecule has 168 valence electrons. The molecule has 4 rings (SSSR count). The van der Waals surface area contributed by atoms with Gasteiger partial charge in [-0.25, -0.2) is 0 Å². The molecule has 2 aromatic rings. The lowest BCUT2D eigenvalue weighted by Gasteiger charge is -2.31. The number of para-hydroxylation sites is 1. The number of hydrogen-bond donors (Lipinski definition) is 0. The fraction of sp³-hybridized carbons (Fsp3) is 0.333. The first kappa shape index (κ1) is 22.5. The Morgan fingerprint density at radius 3 is 2.28 bits per heavy atom. The van der Waals surface area contributed by atoms with Gasteiger partial charge in [0.1, 0.15) is 6.54 Å². The summed E-state index contributed by atoms with van der Waals surface area (Å²) in [6.45, 7) is 1.35. The number of carbonyl (C=O) groups excluding carboxylic acids is 2. The standard InChI is InChI=1S/C24H23F3N2O2S/c25-24(26,27)18-11-9-17(10-12-18)15-21-23(31)29(19-7-3-4-8-20(19)32-21)16-22(30)28-13-5-1-2-6-14-28/h3-4,7-12,15H,1-2,5-6,13-14,16H2/b21-15+. The number of carbonyl (C=O) groups is 2. The van der Waals surface area contributed by atoms with E-state index in [0.29, 0.717) is 29.2 Å². The first-order chi connectivity index (χ1) is 15.3. The number of likely N-dealkylation sites (tertiary alicyclic amines) is 1. The van der Waals surface area contributed by atoms with Gasteiger partial charge in [0.15, 0.2) is 0 Å². The Balaban J connectivity index is 1.60. The Kier molecular flexibility index (Phi) is 6.60. The highest BCUT2D eigenvalue weighted by Crippen LogP contribution is 2.42. The average Bonchev–Trinajstić information content (AvgIpc) is 3.06. The Morgan fingerprint density at radius 2 is 1.62 bits per heavy atom. The van der Waals surface area contributed by atoms with Crippen molar-refractivity contribution in [3.8, 4) is 0 Å². The summed E-state index contributed by atoms with van der Waals surface area (Å²) in [6.07, 6.45) is 1.30. The van der Waals surface area contributed by atoms with Crippen LogP contribution in [0.1, 0.15) is 36.8 Å². The summed E-state index contributed by atoms with van der Waals surface area (Å²) in [5.74, 6) is -0.410. The third-order valence-corrected chi connectivity index (χ3v) is 6.70. The van der Waals surface area contributed by atoms with Crippen molar-refractivity contribution in [1.82, 2.24) is 4.90 Å². The van der Waals surface area contributed by atoms with Gasteiger partial charge in [-0.05, 0) is 48.7 Å². The maximum absolute atomic E-state index is 13.3. The van der Waals surface area contributed by atoms with E-state index >= 15 is 0 Å². The van der Waals surface area contributed by atoms with Gasteiger partial charge in [-0.2, -0.15) is 13.2 Å². The molecule has 0 unspecified atom stereocenters. The van der Waals surface area contributed by atoms with Gasteiger partial charge in [0.25, 0.3) is 5.91 Å². The van der Waals surface area contributed by atoms with Gasteiger partial charge in [0, 0.05) is 18.0 Å². The molecule has 1 fully saturated rings. The van der Waals surface area contributed by atoms with Crippen LogP contribution in [0.3, 0.4) is 0 Å². The zero-order valence-electron chi connectivity index (χ0n) is 17.4. The van der Waals surface area contributed by atoms with Crippen molar-refractivity contribution in [1.29, 1.82) is 0 Å². The van der Waals surface area contributed by atoms with Crippen LogP contribution < -0.4 is 4.90 Å². The number of alkyl halides is 3. The first-order valence-electron chi connectivity index (χ1n) is 10.6. The van der Waals surface area contributed by atoms with Gasteiger partial charge < -0.3 is 4.90 Å². The van der Waals surface area contributed by atoms with Gasteiger partial charge in [0.2, 0.25) is 5.91 Å². The van der Waals surface area contributed by atoms with Gasteiger partial charge in [-0.15, -0.1) is 0 Å². The van der Waals surface area contributed by atoms with Crippen molar-refractivity contribution in [2.24, 2.45) is 0 Å². The van der Waals surface area contributed by atoms with Crippen LogP contribution in [0.5, 0.6) is 0 Å². The number of halogens is 3. The molecule has 0 saturated carbocycles. The van der Waals surface area contributed by atoms with Gasteiger partial charge >= 0.3 is 6.18 Å². The van der Waals surface area contributed by atoms with E-state index < -0.39 is 11.7 Å². The summed E-state index contributed by atoms with van der Waals surface area (Å²) in [4.78, 5) is 30.8. The van der Waals surface area contributed by atoms with Crippen molar-refractivity contribution >= 4 is 35.3 Å². The SMILES string of the molecule is O=C(CN1C(=O)/C(=C\c2ccc(C(F)(F)F)cc2)Sc2ccccc21)N1CCCCCC1. The Hall–Kier alpha value is -2.74. The lowest BCUT2D eigenvalue weighted by Crippen LogP contribution is -2.44. The summed E-state index contributed by atoms with van der Waals surface area (Å²) < 4.78 is 38.5. The molecular formula is C24H23F3N2O2S. The molecule has 0 radical (unpaired) electrons. The van der Waals surface area contributed by atoms with Crippen molar-refractivity contribution < 1.29 is 22.8 Å². The van der Waals surface area contributed by atoms with E-state index in [1.807, 2.05) is 29.2 Å². The number of amides is 2. The minimum atomic E-state index is -4.41. The maximum Gasteiger partial charge on any atom is 0.416 e. The molecule has 2 aromatic carbocycles. The number of rotatable bonds is 3. The minimum absolute atomic E-state index is 0.0548. The molecule has 0 atom stereocenters. The quantitative estimate of drug-likeness (QED) is 0.561. The van der Waals surface area contributed by atoms with Crippen LogP contribution in [0.2, 0.25) is 0 Å². The fourth-order valence-electron chi connectivity index (χ4n) is 3.89. The predicted octanol–water partition coefficient (Wildman–Crippen LogP) is 5.59. The van der Waals surface area contributed by atoms with Gasteiger partial charge in [-0.1, -0.05) is 48.9 Å². The molecular weight excluding hydrogens is 437 g/mol. The second-order valence-electron chi connectivity index (χ2n) is 7.88. The van der Waals surface area contributed by atoms with Crippen LogP contribution in [-0.4, -0.2) is 36.3 Å². The summed E-state index contributed by atoms with van der Waals surface area (Å²) >= 11 is 1.26. The maximum atomic E-state index is 13.3. The van der Waals surface area contributed by atoms with E-state index in [1.54, 1.807) is 6.08 Å². The zero-order valence-corrected chi connectivity index (χ0v) is 18.2. The van der Waals surface area contributed by atoms with E-state index in [2.05, 4.69) is 0 Å². The molecule has 0 N–H and O–H groups in total. The molecule has 4 nitrogen and oxygen atoms in total. The molecule has 2 aliphatic rings. The molecule has 0 bridgehead atoms. The number of anilines is 1. The van der Waals surface area contributed by atoms with Crippen LogP contribution in [0.25, 0.3) is 6.08 Å². The second kappa shape index (κ2) is 9.40. The summed E-state index contributed by atoms with van der Waals surface area (Å²) in [6, 6.07) is 12.0. The fourth-order valence-corrected chi connectivity index (χ4v) is 4.95. The average molecular weight is 461 g/mol. The molecule has 2 aliphatic heterocycles. The molecule has 0 aliphatic carbocycles. The Labute approximate surface area is 189 Å². The third-order valence-electron chi connectivity index (χ3n) is 5.62. The Bertz CT molecular complexity index is 1030. The predicted molar refractivity (Wildman–Crippen MR) is 119 cm³/mol. The monoisotopic (exact) mass is 460 g/mol. The smallest absolute Gasteiger partial charge is 0.341 e. The van der Waals surface area contributed by atoms with Crippen molar-refractivity contribution in [2.45, 2.75) is 36.8 Å². The van der Waals surface area contributed by atoms with Crippen molar-refractivity contribution in [3.63, 3.8) is 0 Å². The topological polar surface area (TPSA) is 40.6 Å². The number of thioether (sulfide) groups is 1. The van der Waals surface area contributed by atoms with Crippen LogP contribution in [0, 0.1) is 0 Å². The van der Waals surface area contributed by atoms with E-state index in [1.165, 1.54) is 28.8 Å².